The molecule has 1 unspecified atom stereocenters. The highest BCUT2D eigenvalue weighted by Crippen LogP contribution is 2.17. The van der Waals surface area contributed by atoms with Crippen LogP contribution >= 0.6 is 0 Å². The van der Waals surface area contributed by atoms with Crippen molar-refractivity contribution in [3.8, 4) is 0 Å². The highest BCUT2D eigenvalue weighted by atomic mass is 16.6. The Hall–Kier alpha value is -3.41. The average Bonchev–Trinajstić information content (AvgIpc) is 3.46. The smallest absolute Gasteiger partial charge is 0.306 e. The summed E-state index contributed by atoms with van der Waals surface area (Å²) in [7, 11) is 0. The summed E-state index contributed by atoms with van der Waals surface area (Å²) in [5.74, 6) is -0.871. The molecule has 0 spiro atoms. The van der Waals surface area contributed by atoms with E-state index in [9.17, 15) is 14.4 Å². The summed E-state index contributed by atoms with van der Waals surface area (Å²) < 4.78 is 17.0. The zero-order chi connectivity index (χ0) is 57.8. The second-order valence-electron chi connectivity index (χ2n) is 23.1. The van der Waals surface area contributed by atoms with Gasteiger partial charge in [0.25, 0.3) is 0 Å². The van der Waals surface area contributed by atoms with Crippen molar-refractivity contribution in [1.82, 2.24) is 0 Å². The molecule has 80 heavy (non-hydrogen) atoms. The molecule has 0 aromatic heterocycles. The second kappa shape index (κ2) is 68.1. The van der Waals surface area contributed by atoms with Crippen molar-refractivity contribution in [3.05, 3.63) is 85.1 Å². The Labute approximate surface area is 496 Å². The van der Waals surface area contributed by atoms with Gasteiger partial charge in [0.1, 0.15) is 13.2 Å². The van der Waals surface area contributed by atoms with Gasteiger partial charge in [-0.2, -0.15) is 0 Å². The Balaban J connectivity index is 4.35. The minimum Gasteiger partial charge on any atom is -0.462 e. The van der Waals surface area contributed by atoms with E-state index in [1.165, 1.54) is 205 Å². The summed E-state index contributed by atoms with van der Waals surface area (Å²) in [4.78, 5) is 38.4. The number of rotatable bonds is 63. The lowest BCUT2D eigenvalue weighted by molar-refractivity contribution is -0.167. The van der Waals surface area contributed by atoms with Crippen molar-refractivity contribution in [2.45, 2.75) is 354 Å². The van der Waals surface area contributed by atoms with Gasteiger partial charge >= 0.3 is 17.9 Å². The molecule has 0 bridgehead atoms. The van der Waals surface area contributed by atoms with E-state index in [1.54, 1.807) is 0 Å². The maximum Gasteiger partial charge on any atom is 0.306 e. The minimum absolute atomic E-state index is 0.0769. The summed E-state index contributed by atoms with van der Waals surface area (Å²) in [5.41, 5.74) is 0. The molecule has 6 heteroatoms. The van der Waals surface area contributed by atoms with Gasteiger partial charge in [-0.25, -0.2) is 0 Å². The molecular weight excluding hydrogens is 985 g/mol. The minimum atomic E-state index is -0.782. The second-order valence-corrected chi connectivity index (χ2v) is 23.1. The van der Waals surface area contributed by atoms with Gasteiger partial charge in [-0.05, 0) is 96.3 Å². The number of carbonyl (C=O) groups is 3. The topological polar surface area (TPSA) is 78.9 Å². The van der Waals surface area contributed by atoms with E-state index in [0.29, 0.717) is 19.3 Å². The first-order valence-corrected chi connectivity index (χ1v) is 34.6. The quantitative estimate of drug-likeness (QED) is 0.0261. The lowest BCUT2D eigenvalue weighted by atomic mass is 10.0. The lowest BCUT2D eigenvalue weighted by Gasteiger charge is -2.18. The first-order valence-electron chi connectivity index (χ1n) is 34.6. The van der Waals surface area contributed by atoms with Crippen molar-refractivity contribution in [1.29, 1.82) is 0 Å². The Morgan fingerprint density at radius 2 is 0.487 bits per heavy atom. The fourth-order valence-corrected chi connectivity index (χ4v) is 9.97. The number of esters is 3. The van der Waals surface area contributed by atoms with Crippen LogP contribution in [0.3, 0.4) is 0 Å². The Morgan fingerprint density at radius 3 is 0.775 bits per heavy atom. The van der Waals surface area contributed by atoms with Crippen LogP contribution in [0.25, 0.3) is 0 Å². The largest absolute Gasteiger partial charge is 0.462 e. The van der Waals surface area contributed by atoms with E-state index in [-0.39, 0.29) is 31.1 Å². The van der Waals surface area contributed by atoms with Crippen LogP contribution in [0.4, 0.5) is 0 Å². The van der Waals surface area contributed by atoms with Crippen LogP contribution in [0.15, 0.2) is 85.1 Å². The molecule has 0 saturated carbocycles. The summed E-state index contributed by atoms with van der Waals surface area (Å²) in [6.07, 6.45) is 90.2. The maximum absolute atomic E-state index is 12.9. The van der Waals surface area contributed by atoms with Crippen LogP contribution in [-0.4, -0.2) is 37.2 Å². The number of ether oxygens (including phenoxy) is 3. The van der Waals surface area contributed by atoms with Gasteiger partial charge in [-0.3, -0.25) is 14.4 Å². The number of allylic oxidation sites excluding steroid dienone is 14. The molecular formula is C74H130O6. The predicted octanol–water partition coefficient (Wildman–Crippen LogP) is 23.8. The van der Waals surface area contributed by atoms with Gasteiger partial charge in [-0.15, -0.1) is 0 Å². The number of hydrogen-bond donors (Lipinski definition) is 0. The molecule has 0 rings (SSSR count). The normalized spacial score (nSPS) is 12.6. The van der Waals surface area contributed by atoms with E-state index in [0.717, 1.165) is 103 Å². The van der Waals surface area contributed by atoms with Gasteiger partial charge in [0.2, 0.25) is 0 Å². The lowest BCUT2D eigenvalue weighted by Crippen LogP contribution is -2.30. The first-order chi connectivity index (χ1) is 39.5. The third kappa shape index (κ3) is 65.4. The van der Waals surface area contributed by atoms with Crippen molar-refractivity contribution >= 4 is 17.9 Å². The van der Waals surface area contributed by atoms with Gasteiger partial charge < -0.3 is 14.2 Å². The zero-order valence-electron chi connectivity index (χ0n) is 53.1. The van der Waals surface area contributed by atoms with Crippen molar-refractivity contribution in [3.63, 3.8) is 0 Å². The summed E-state index contributed by atoms with van der Waals surface area (Å²) in [5, 5.41) is 0. The molecule has 0 aliphatic rings. The third-order valence-corrected chi connectivity index (χ3v) is 15.1. The molecule has 0 saturated heterocycles. The van der Waals surface area contributed by atoms with E-state index >= 15 is 0 Å². The molecule has 0 fully saturated rings. The van der Waals surface area contributed by atoms with Crippen molar-refractivity contribution in [2.24, 2.45) is 0 Å². The fraction of sp³-hybridized carbons (Fsp3) is 0.770. The molecule has 0 aromatic carbocycles. The fourth-order valence-electron chi connectivity index (χ4n) is 9.97. The predicted molar refractivity (Wildman–Crippen MR) is 348 cm³/mol. The molecule has 0 amide bonds. The molecule has 462 valence electrons. The molecule has 0 aliphatic carbocycles. The van der Waals surface area contributed by atoms with E-state index in [1.807, 2.05) is 0 Å². The molecule has 0 aliphatic heterocycles. The molecule has 0 aromatic rings. The molecule has 6 nitrogen and oxygen atoms in total. The summed E-state index contributed by atoms with van der Waals surface area (Å²) in [6, 6.07) is 0. The van der Waals surface area contributed by atoms with Crippen LogP contribution < -0.4 is 0 Å². The highest BCUT2D eigenvalue weighted by Gasteiger charge is 2.19. The summed E-state index contributed by atoms with van der Waals surface area (Å²) in [6.45, 7) is 6.57. The molecule has 0 radical (unpaired) electrons. The van der Waals surface area contributed by atoms with E-state index in [2.05, 4.69) is 106 Å². The van der Waals surface area contributed by atoms with E-state index < -0.39 is 6.10 Å². The van der Waals surface area contributed by atoms with Crippen LogP contribution in [0.5, 0.6) is 0 Å². The summed E-state index contributed by atoms with van der Waals surface area (Å²) >= 11 is 0. The molecule has 0 heterocycles. The van der Waals surface area contributed by atoms with E-state index in [4.69, 9.17) is 14.2 Å². The monoisotopic (exact) mass is 1110 g/mol. The van der Waals surface area contributed by atoms with Gasteiger partial charge in [0.15, 0.2) is 6.10 Å². The average molecular weight is 1120 g/mol. The Morgan fingerprint density at radius 1 is 0.263 bits per heavy atom. The third-order valence-electron chi connectivity index (χ3n) is 15.1. The molecule has 1 atom stereocenters. The van der Waals surface area contributed by atoms with Crippen LogP contribution in [-0.2, 0) is 28.6 Å². The molecule has 0 N–H and O–H groups in total. The van der Waals surface area contributed by atoms with Gasteiger partial charge in [0, 0.05) is 19.3 Å². The standard InChI is InChI=1S/C74H130O6/c1-4-7-10-13-16-19-22-25-28-31-33-34-35-36-37-38-39-40-41-44-46-49-52-55-58-61-64-67-73(76)79-70-71(69-78-72(75)66-63-60-57-54-51-48-45-42-30-27-24-21-18-15-12-9-6-3)80-74(77)68-65-62-59-56-53-50-47-43-32-29-26-23-20-17-14-11-8-5-2/h7,10,16,19,25,28-29,32-34,36-37,39-40,71H,4-6,8-9,11-15,17-18,20-24,26-27,30-31,35,38,41-70H2,1-3H3/b10-7-,19-16-,28-25-,32-29-,34-33-,37-36-,40-39-. The number of unbranched alkanes of at least 4 members (excludes halogenated alkanes) is 38. The van der Waals surface area contributed by atoms with Gasteiger partial charge in [-0.1, -0.05) is 318 Å². The van der Waals surface area contributed by atoms with Crippen LogP contribution in [0, 0.1) is 0 Å². The van der Waals surface area contributed by atoms with Crippen molar-refractivity contribution < 1.29 is 28.6 Å². The SMILES string of the molecule is CC/C=C\C/C=C\C/C=C\C/C=C\C/C=C\C/C=C\CCCCCCCCCCC(=O)OCC(COC(=O)CCCCCCCCCCCCCCCCCCC)OC(=O)CCCCCCCCC/C=C\CCCCCCCCC. The van der Waals surface area contributed by atoms with Crippen LogP contribution in [0.1, 0.15) is 348 Å². The Bertz CT molecular complexity index is 1520. The highest BCUT2D eigenvalue weighted by molar-refractivity contribution is 5.71. The Kier molecular flexibility index (Phi) is 65.2. The van der Waals surface area contributed by atoms with Gasteiger partial charge in [0.05, 0.1) is 0 Å². The zero-order valence-corrected chi connectivity index (χ0v) is 53.1. The number of hydrogen-bond acceptors (Lipinski definition) is 6. The number of carbonyl (C=O) groups excluding carboxylic acids is 3. The first kappa shape index (κ1) is 76.6. The maximum atomic E-state index is 12.9. The van der Waals surface area contributed by atoms with Crippen LogP contribution in [0.2, 0.25) is 0 Å². The van der Waals surface area contributed by atoms with Crippen molar-refractivity contribution in [2.75, 3.05) is 13.2 Å².